The van der Waals surface area contributed by atoms with Gasteiger partial charge in [-0.15, -0.1) is 0 Å². The number of H-pyrrole nitrogens is 1. The third-order valence-corrected chi connectivity index (χ3v) is 3.40. The number of hydrogen-bond acceptors (Lipinski definition) is 3. The van der Waals surface area contributed by atoms with Crippen LogP contribution in [0.25, 0.3) is 0 Å². The zero-order valence-electron chi connectivity index (χ0n) is 9.85. The molecule has 1 saturated carbocycles. The zero-order valence-corrected chi connectivity index (χ0v) is 9.85. The van der Waals surface area contributed by atoms with Crippen LogP contribution in [0.5, 0.6) is 0 Å². The molecule has 1 heterocycles. The largest absolute Gasteiger partial charge is 0.480 e. The third kappa shape index (κ3) is 3.06. The normalized spacial score (nSPS) is 19.1. The Morgan fingerprint density at radius 3 is 2.88 bits per heavy atom. The first kappa shape index (κ1) is 12.1. The molecule has 1 aromatic heterocycles. The number of nitrogens with one attached hydrogen (secondary N) is 1. The first-order valence-electron chi connectivity index (χ1n) is 6.19. The van der Waals surface area contributed by atoms with E-state index in [1.54, 1.807) is 6.20 Å². The van der Waals surface area contributed by atoms with Gasteiger partial charge >= 0.3 is 5.97 Å². The molecule has 0 bridgehead atoms. The van der Waals surface area contributed by atoms with Gasteiger partial charge < -0.3 is 15.8 Å². The van der Waals surface area contributed by atoms with Crippen LogP contribution in [-0.4, -0.2) is 27.1 Å². The number of rotatable bonds is 4. The van der Waals surface area contributed by atoms with E-state index in [2.05, 4.69) is 9.97 Å². The summed E-state index contributed by atoms with van der Waals surface area (Å²) >= 11 is 0. The Labute approximate surface area is 100 Å². The van der Waals surface area contributed by atoms with Crippen molar-refractivity contribution in [3.8, 4) is 0 Å². The summed E-state index contributed by atoms with van der Waals surface area (Å²) in [4.78, 5) is 18.2. The summed E-state index contributed by atoms with van der Waals surface area (Å²) in [5.41, 5.74) is 6.31. The fourth-order valence-electron chi connectivity index (χ4n) is 2.39. The van der Waals surface area contributed by atoms with Crippen molar-refractivity contribution in [1.29, 1.82) is 0 Å². The van der Waals surface area contributed by atoms with Crippen molar-refractivity contribution in [1.82, 2.24) is 9.97 Å². The Morgan fingerprint density at radius 1 is 1.53 bits per heavy atom. The minimum Gasteiger partial charge on any atom is -0.480 e. The highest BCUT2D eigenvalue weighted by Gasteiger charge is 2.19. The standard InChI is InChI=1S/C12H19N3O2/c13-10(12(16)17)6-9-7-14-11(15-9)8-4-2-1-3-5-8/h7-8,10H,1-6,13H2,(H,14,15)(H,16,17)/t10-/m0/s1. The van der Waals surface area contributed by atoms with E-state index in [1.165, 1.54) is 32.1 Å². The second-order valence-electron chi connectivity index (χ2n) is 4.78. The summed E-state index contributed by atoms with van der Waals surface area (Å²) in [5, 5.41) is 8.74. The van der Waals surface area contributed by atoms with E-state index >= 15 is 0 Å². The molecular weight excluding hydrogens is 218 g/mol. The SMILES string of the molecule is N[C@@H](Cc1cnc(C2CCCCC2)[nH]1)C(=O)O. The molecule has 0 amide bonds. The smallest absolute Gasteiger partial charge is 0.320 e. The van der Waals surface area contributed by atoms with E-state index < -0.39 is 12.0 Å². The molecule has 0 unspecified atom stereocenters. The van der Waals surface area contributed by atoms with Gasteiger partial charge in [0.1, 0.15) is 11.9 Å². The van der Waals surface area contributed by atoms with Crippen molar-refractivity contribution in [3.05, 3.63) is 17.7 Å². The fourth-order valence-corrected chi connectivity index (χ4v) is 2.39. The topological polar surface area (TPSA) is 92.0 Å². The van der Waals surface area contributed by atoms with Crippen LogP contribution < -0.4 is 5.73 Å². The summed E-state index contributed by atoms with van der Waals surface area (Å²) in [6.45, 7) is 0. The first-order chi connectivity index (χ1) is 8.16. The average Bonchev–Trinajstić information content (AvgIpc) is 2.78. The predicted octanol–water partition coefficient (Wildman–Crippen LogP) is 1.41. The Balaban J connectivity index is 1.97. The van der Waals surface area contributed by atoms with Crippen molar-refractivity contribution in [2.75, 3.05) is 0 Å². The molecule has 1 atom stereocenters. The number of carbonyl (C=O) groups is 1. The Hall–Kier alpha value is -1.36. The van der Waals surface area contributed by atoms with Gasteiger partial charge in [0.05, 0.1) is 0 Å². The Bertz CT molecular complexity index is 383. The highest BCUT2D eigenvalue weighted by molar-refractivity contribution is 5.73. The summed E-state index contributed by atoms with van der Waals surface area (Å²) in [7, 11) is 0. The minimum atomic E-state index is -0.973. The lowest BCUT2D eigenvalue weighted by Crippen LogP contribution is -2.32. The van der Waals surface area contributed by atoms with Crippen molar-refractivity contribution in [2.24, 2.45) is 5.73 Å². The summed E-state index contributed by atoms with van der Waals surface area (Å²) in [5.74, 6) is 0.537. The van der Waals surface area contributed by atoms with Gasteiger partial charge in [-0.3, -0.25) is 4.79 Å². The maximum Gasteiger partial charge on any atom is 0.320 e. The van der Waals surface area contributed by atoms with Crippen molar-refractivity contribution in [2.45, 2.75) is 50.5 Å². The van der Waals surface area contributed by atoms with Gasteiger partial charge in [-0.05, 0) is 12.8 Å². The molecule has 4 N–H and O–H groups in total. The van der Waals surface area contributed by atoms with Crippen LogP contribution in [0.15, 0.2) is 6.20 Å². The van der Waals surface area contributed by atoms with Crippen LogP contribution in [0.4, 0.5) is 0 Å². The number of nitrogens with zero attached hydrogens (tertiary/aromatic N) is 1. The number of carboxylic acid groups (broad SMARTS) is 1. The summed E-state index contributed by atoms with van der Waals surface area (Å²) in [6, 6.07) is -0.852. The zero-order chi connectivity index (χ0) is 12.3. The van der Waals surface area contributed by atoms with E-state index in [0.717, 1.165) is 11.5 Å². The van der Waals surface area contributed by atoms with E-state index in [0.29, 0.717) is 12.3 Å². The Kier molecular flexibility index (Phi) is 3.78. The van der Waals surface area contributed by atoms with E-state index in [9.17, 15) is 4.79 Å². The summed E-state index contributed by atoms with van der Waals surface area (Å²) < 4.78 is 0. The van der Waals surface area contributed by atoms with Gasteiger partial charge in [0.15, 0.2) is 0 Å². The van der Waals surface area contributed by atoms with Gasteiger partial charge in [0, 0.05) is 24.2 Å². The quantitative estimate of drug-likeness (QED) is 0.738. The highest BCUT2D eigenvalue weighted by atomic mass is 16.4. The van der Waals surface area contributed by atoms with Crippen LogP contribution in [0.2, 0.25) is 0 Å². The molecule has 1 aliphatic rings. The predicted molar refractivity (Wildman–Crippen MR) is 63.7 cm³/mol. The highest BCUT2D eigenvalue weighted by Crippen LogP contribution is 2.30. The molecule has 1 aliphatic carbocycles. The molecule has 17 heavy (non-hydrogen) atoms. The molecule has 0 spiro atoms. The minimum absolute atomic E-state index is 0.315. The molecule has 0 saturated heterocycles. The number of hydrogen-bond donors (Lipinski definition) is 3. The molecular formula is C12H19N3O2. The lowest BCUT2D eigenvalue weighted by atomic mass is 9.89. The molecule has 0 aliphatic heterocycles. The second-order valence-corrected chi connectivity index (χ2v) is 4.78. The molecule has 1 fully saturated rings. The van der Waals surface area contributed by atoms with Crippen LogP contribution in [-0.2, 0) is 11.2 Å². The fraction of sp³-hybridized carbons (Fsp3) is 0.667. The van der Waals surface area contributed by atoms with Gasteiger partial charge in [0.25, 0.3) is 0 Å². The number of aromatic nitrogens is 2. The van der Waals surface area contributed by atoms with Crippen LogP contribution in [0, 0.1) is 0 Å². The molecule has 0 aromatic carbocycles. The van der Waals surface area contributed by atoms with Crippen LogP contribution in [0.1, 0.15) is 49.5 Å². The molecule has 0 radical (unpaired) electrons. The lowest BCUT2D eigenvalue weighted by molar-refractivity contribution is -0.138. The molecule has 5 heteroatoms. The van der Waals surface area contributed by atoms with E-state index in [1.807, 2.05) is 0 Å². The van der Waals surface area contributed by atoms with Crippen molar-refractivity contribution < 1.29 is 9.90 Å². The molecule has 94 valence electrons. The monoisotopic (exact) mass is 237 g/mol. The molecule has 2 rings (SSSR count). The van der Waals surface area contributed by atoms with Gasteiger partial charge in [0.2, 0.25) is 0 Å². The van der Waals surface area contributed by atoms with E-state index in [4.69, 9.17) is 10.8 Å². The number of nitrogens with two attached hydrogens (primary N) is 1. The number of aromatic amines is 1. The second kappa shape index (κ2) is 5.31. The van der Waals surface area contributed by atoms with Gasteiger partial charge in [-0.25, -0.2) is 4.98 Å². The van der Waals surface area contributed by atoms with Gasteiger partial charge in [-0.1, -0.05) is 19.3 Å². The number of imidazole rings is 1. The third-order valence-electron chi connectivity index (χ3n) is 3.40. The number of aliphatic carboxylic acids is 1. The first-order valence-corrected chi connectivity index (χ1v) is 6.19. The maximum absolute atomic E-state index is 10.7. The van der Waals surface area contributed by atoms with E-state index in [-0.39, 0.29) is 0 Å². The van der Waals surface area contributed by atoms with Crippen molar-refractivity contribution >= 4 is 5.97 Å². The average molecular weight is 237 g/mol. The molecule has 1 aromatic rings. The van der Waals surface area contributed by atoms with Gasteiger partial charge in [-0.2, -0.15) is 0 Å². The lowest BCUT2D eigenvalue weighted by Gasteiger charge is -2.19. The summed E-state index contributed by atoms with van der Waals surface area (Å²) in [6.07, 6.45) is 8.22. The number of carboxylic acids is 1. The van der Waals surface area contributed by atoms with Crippen molar-refractivity contribution in [3.63, 3.8) is 0 Å². The maximum atomic E-state index is 10.7. The Morgan fingerprint density at radius 2 is 2.24 bits per heavy atom. The van der Waals surface area contributed by atoms with Crippen LogP contribution in [0.3, 0.4) is 0 Å². The molecule has 5 nitrogen and oxygen atoms in total. The van der Waals surface area contributed by atoms with Crippen LogP contribution >= 0.6 is 0 Å².